The van der Waals surface area contributed by atoms with Gasteiger partial charge in [-0.25, -0.2) is 0 Å². The third-order valence-corrected chi connectivity index (χ3v) is 4.03. The molecular weight excluding hydrogens is 252 g/mol. The molecule has 0 spiro atoms. The number of nitrogen functional groups attached to an aromatic ring is 1. The first-order chi connectivity index (χ1) is 9.36. The average molecular weight is 276 g/mol. The molecule has 0 aliphatic heterocycles. The fraction of sp³-hybridized carbons (Fsp3) is 0.562. The standard InChI is InChI=1S/C16H24N2O2/c1-16(2,20)15(19)18-14-9-5-12(6-10-14)11-3-7-13(17)8-4-11/h3-4,7-8,12,14,20H,5-6,9-10,17H2,1-2H3,(H,18,19). The zero-order valence-corrected chi connectivity index (χ0v) is 12.2. The van der Waals surface area contributed by atoms with Gasteiger partial charge < -0.3 is 16.2 Å². The monoisotopic (exact) mass is 276 g/mol. The highest BCUT2D eigenvalue weighted by Gasteiger charge is 2.28. The lowest BCUT2D eigenvalue weighted by Gasteiger charge is -2.31. The second-order valence-electron chi connectivity index (χ2n) is 6.25. The first-order valence-electron chi connectivity index (χ1n) is 7.25. The largest absolute Gasteiger partial charge is 0.399 e. The number of rotatable bonds is 3. The number of carbonyl (C=O) groups excluding carboxylic acids is 1. The molecule has 4 nitrogen and oxygen atoms in total. The molecule has 1 aliphatic carbocycles. The lowest BCUT2D eigenvalue weighted by atomic mass is 9.81. The third-order valence-electron chi connectivity index (χ3n) is 4.03. The van der Waals surface area contributed by atoms with E-state index in [-0.39, 0.29) is 11.9 Å². The predicted molar refractivity (Wildman–Crippen MR) is 80.3 cm³/mol. The molecule has 110 valence electrons. The maximum Gasteiger partial charge on any atom is 0.251 e. The molecule has 0 aromatic heterocycles. The van der Waals surface area contributed by atoms with E-state index in [0.29, 0.717) is 5.92 Å². The molecule has 0 atom stereocenters. The number of nitrogens with two attached hydrogens (primary N) is 1. The Morgan fingerprint density at radius 1 is 1.20 bits per heavy atom. The molecule has 0 radical (unpaired) electrons. The third kappa shape index (κ3) is 3.73. The fourth-order valence-electron chi connectivity index (χ4n) is 2.70. The van der Waals surface area contributed by atoms with Crippen molar-refractivity contribution in [1.82, 2.24) is 5.32 Å². The van der Waals surface area contributed by atoms with E-state index in [0.717, 1.165) is 31.4 Å². The number of aliphatic hydroxyl groups is 1. The quantitative estimate of drug-likeness (QED) is 0.741. The Morgan fingerprint density at radius 3 is 2.25 bits per heavy atom. The summed E-state index contributed by atoms with van der Waals surface area (Å²) in [5.74, 6) is 0.263. The van der Waals surface area contributed by atoms with Crippen LogP contribution in [0.2, 0.25) is 0 Å². The van der Waals surface area contributed by atoms with E-state index in [4.69, 9.17) is 5.73 Å². The second kappa shape index (κ2) is 5.83. The maximum atomic E-state index is 11.7. The zero-order chi connectivity index (χ0) is 14.8. The Labute approximate surface area is 120 Å². The normalized spacial score (nSPS) is 23.4. The number of hydrogen-bond donors (Lipinski definition) is 3. The van der Waals surface area contributed by atoms with Crippen molar-refractivity contribution in [2.45, 2.75) is 57.1 Å². The Morgan fingerprint density at radius 2 is 1.75 bits per heavy atom. The van der Waals surface area contributed by atoms with E-state index in [2.05, 4.69) is 17.4 Å². The Hall–Kier alpha value is -1.55. The molecule has 0 heterocycles. The first kappa shape index (κ1) is 14.9. The van der Waals surface area contributed by atoms with Crippen LogP contribution in [0.25, 0.3) is 0 Å². The van der Waals surface area contributed by atoms with Gasteiger partial charge in [0.05, 0.1) is 0 Å². The highest BCUT2D eigenvalue weighted by atomic mass is 16.3. The lowest BCUT2D eigenvalue weighted by molar-refractivity contribution is -0.137. The lowest BCUT2D eigenvalue weighted by Crippen LogP contribution is -2.47. The van der Waals surface area contributed by atoms with Crippen LogP contribution in [-0.2, 0) is 4.79 Å². The van der Waals surface area contributed by atoms with E-state index in [1.54, 1.807) is 0 Å². The SMILES string of the molecule is CC(C)(O)C(=O)NC1CCC(c2ccc(N)cc2)CC1. The summed E-state index contributed by atoms with van der Waals surface area (Å²) in [6.07, 6.45) is 4.02. The van der Waals surface area contributed by atoms with Gasteiger partial charge in [-0.2, -0.15) is 0 Å². The summed E-state index contributed by atoms with van der Waals surface area (Å²) in [5, 5.41) is 12.6. The fourth-order valence-corrected chi connectivity index (χ4v) is 2.70. The van der Waals surface area contributed by atoms with Crippen LogP contribution in [0, 0.1) is 0 Å². The van der Waals surface area contributed by atoms with Gasteiger partial charge in [0.15, 0.2) is 0 Å². The van der Waals surface area contributed by atoms with Gasteiger partial charge in [0.2, 0.25) is 0 Å². The molecule has 1 aliphatic rings. The topological polar surface area (TPSA) is 75.3 Å². The Balaban J connectivity index is 1.86. The molecule has 4 N–H and O–H groups in total. The van der Waals surface area contributed by atoms with Crippen LogP contribution < -0.4 is 11.1 Å². The number of carbonyl (C=O) groups is 1. The number of hydrogen-bond acceptors (Lipinski definition) is 3. The molecule has 1 aromatic carbocycles. The summed E-state index contributed by atoms with van der Waals surface area (Å²) in [4.78, 5) is 11.7. The van der Waals surface area contributed by atoms with Crippen molar-refractivity contribution < 1.29 is 9.90 Å². The highest BCUT2D eigenvalue weighted by molar-refractivity contribution is 5.84. The van der Waals surface area contributed by atoms with Crippen molar-refractivity contribution >= 4 is 11.6 Å². The number of benzene rings is 1. The highest BCUT2D eigenvalue weighted by Crippen LogP contribution is 2.33. The average Bonchev–Trinajstić information content (AvgIpc) is 2.39. The van der Waals surface area contributed by atoms with Crippen LogP contribution in [0.5, 0.6) is 0 Å². The number of nitrogens with one attached hydrogen (secondary N) is 1. The molecule has 2 rings (SSSR count). The molecule has 1 fully saturated rings. The predicted octanol–water partition coefficient (Wildman–Crippen LogP) is 2.18. The van der Waals surface area contributed by atoms with Crippen molar-refractivity contribution in [1.29, 1.82) is 0 Å². The molecule has 1 amide bonds. The van der Waals surface area contributed by atoms with Crippen LogP contribution >= 0.6 is 0 Å². The zero-order valence-electron chi connectivity index (χ0n) is 12.2. The van der Waals surface area contributed by atoms with Crippen molar-refractivity contribution in [3.05, 3.63) is 29.8 Å². The smallest absolute Gasteiger partial charge is 0.251 e. The van der Waals surface area contributed by atoms with Gasteiger partial charge in [0.1, 0.15) is 5.60 Å². The number of anilines is 1. The summed E-state index contributed by atoms with van der Waals surface area (Å²) in [6.45, 7) is 3.03. The van der Waals surface area contributed by atoms with Crippen molar-refractivity contribution in [3.63, 3.8) is 0 Å². The summed E-state index contributed by atoms with van der Waals surface area (Å²) >= 11 is 0. The summed E-state index contributed by atoms with van der Waals surface area (Å²) in [7, 11) is 0. The van der Waals surface area contributed by atoms with E-state index in [1.165, 1.54) is 19.4 Å². The van der Waals surface area contributed by atoms with E-state index in [1.807, 2.05) is 12.1 Å². The molecule has 0 saturated heterocycles. The Bertz CT molecular complexity index is 454. The van der Waals surface area contributed by atoms with Gasteiger partial charge in [-0.3, -0.25) is 4.79 Å². The van der Waals surface area contributed by atoms with Crippen molar-refractivity contribution in [2.24, 2.45) is 0 Å². The molecule has 20 heavy (non-hydrogen) atoms. The van der Waals surface area contributed by atoms with Gasteiger partial charge in [-0.15, -0.1) is 0 Å². The Kier molecular flexibility index (Phi) is 4.33. The molecule has 1 aromatic rings. The van der Waals surface area contributed by atoms with E-state index < -0.39 is 5.60 Å². The van der Waals surface area contributed by atoms with Crippen molar-refractivity contribution in [3.8, 4) is 0 Å². The van der Waals surface area contributed by atoms with Gasteiger partial charge in [-0.1, -0.05) is 12.1 Å². The molecular formula is C16H24N2O2. The second-order valence-corrected chi connectivity index (χ2v) is 6.25. The molecule has 4 heteroatoms. The van der Waals surface area contributed by atoms with Crippen LogP contribution in [-0.4, -0.2) is 22.7 Å². The van der Waals surface area contributed by atoms with E-state index in [9.17, 15) is 9.90 Å². The molecule has 0 unspecified atom stereocenters. The van der Waals surface area contributed by atoms with Gasteiger partial charge in [-0.05, 0) is 63.1 Å². The van der Waals surface area contributed by atoms with Crippen LogP contribution in [0.15, 0.2) is 24.3 Å². The summed E-state index contributed by atoms with van der Waals surface area (Å²) < 4.78 is 0. The maximum absolute atomic E-state index is 11.7. The minimum atomic E-state index is -1.30. The molecule has 0 bridgehead atoms. The summed E-state index contributed by atoms with van der Waals surface area (Å²) in [5.41, 5.74) is 6.52. The minimum absolute atomic E-state index is 0.180. The summed E-state index contributed by atoms with van der Waals surface area (Å²) in [6, 6.07) is 8.25. The van der Waals surface area contributed by atoms with Crippen LogP contribution in [0.4, 0.5) is 5.69 Å². The van der Waals surface area contributed by atoms with Crippen LogP contribution in [0.3, 0.4) is 0 Å². The van der Waals surface area contributed by atoms with E-state index >= 15 is 0 Å². The number of amides is 1. The molecule has 1 saturated carbocycles. The van der Waals surface area contributed by atoms with Crippen molar-refractivity contribution in [2.75, 3.05) is 5.73 Å². The van der Waals surface area contributed by atoms with Gasteiger partial charge in [0, 0.05) is 11.7 Å². The van der Waals surface area contributed by atoms with Gasteiger partial charge in [0.25, 0.3) is 5.91 Å². The van der Waals surface area contributed by atoms with Crippen LogP contribution in [0.1, 0.15) is 51.0 Å². The minimum Gasteiger partial charge on any atom is -0.399 e. The van der Waals surface area contributed by atoms with Gasteiger partial charge >= 0.3 is 0 Å². The first-order valence-corrected chi connectivity index (χ1v) is 7.25.